The molecule has 2 N–H and O–H groups in total. The normalized spacial score (nSPS) is 12.1. The van der Waals surface area contributed by atoms with Crippen LogP contribution in [0.5, 0.6) is 0 Å². The molecule has 1 aromatic heterocycles. The fraction of sp³-hybridized carbons (Fsp3) is 0.429. The minimum atomic E-state index is -1.87. The molecular weight excluding hydrogens is 518 g/mol. The average molecular weight is 546 g/mol. The summed E-state index contributed by atoms with van der Waals surface area (Å²) in [4.78, 5) is 24.2. The molecule has 0 saturated heterocycles. The Hall–Kier alpha value is -1.72. The molecule has 0 atom stereocenters. The summed E-state index contributed by atoms with van der Waals surface area (Å²) < 4.78 is 22.3. The summed E-state index contributed by atoms with van der Waals surface area (Å²) in [5.74, 6) is -1.72. The number of anilines is 2. The zero-order valence-electron chi connectivity index (χ0n) is 17.9. The molecule has 0 saturated carbocycles. The zero-order valence-corrected chi connectivity index (χ0v) is 21.0. The molecule has 0 radical (unpaired) electrons. The van der Waals surface area contributed by atoms with Gasteiger partial charge in [-0.1, -0.05) is 20.8 Å². The van der Waals surface area contributed by atoms with Crippen LogP contribution in [0.15, 0.2) is 35.3 Å². The number of benzene rings is 1. The van der Waals surface area contributed by atoms with Gasteiger partial charge in [0.25, 0.3) is 5.56 Å². The van der Waals surface area contributed by atoms with E-state index in [2.05, 4.69) is 39.2 Å². The number of pyridine rings is 1. The van der Waals surface area contributed by atoms with E-state index in [0.29, 0.717) is 23.1 Å². The van der Waals surface area contributed by atoms with Crippen LogP contribution < -0.4 is 10.9 Å². The van der Waals surface area contributed by atoms with Gasteiger partial charge in [-0.15, -0.1) is 0 Å². The van der Waals surface area contributed by atoms with Crippen molar-refractivity contribution in [2.45, 2.75) is 51.9 Å². The van der Waals surface area contributed by atoms with Gasteiger partial charge in [-0.3, -0.25) is 4.79 Å². The average Bonchev–Trinajstić information content (AvgIpc) is 2.61. The number of carbonyl (C=O) groups is 1. The molecule has 164 valence electrons. The fourth-order valence-electron chi connectivity index (χ4n) is 2.54. The standard InChI is InChI=1S/C21H28FIN2O4Si/c1-21(2,3)30(4,5)29-10-6-9-25-13-15(20(27)28)18(12-19(25)26)24-17-8-7-14(23)11-16(17)22/h7-8,11-13,24H,6,9-10H2,1-5H3,(H,27,28). The highest BCUT2D eigenvalue weighted by atomic mass is 127. The van der Waals surface area contributed by atoms with E-state index in [-0.39, 0.29) is 27.5 Å². The van der Waals surface area contributed by atoms with E-state index < -0.39 is 20.1 Å². The number of carboxylic acids is 1. The minimum Gasteiger partial charge on any atom is -0.478 e. The van der Waals surface area contributed by atoms with Gasteiger partial charge in [-0.05, 0) is 65.3 Å². The summed E-state index contributed by atoms with van der Waals surface area (Å²) in [6.45, 7) is 11.6. The number of aromatic nitrogens is 1. The van der Waals surface area contributed by atoms with E-state index in [0.717, 1.165) is 0 Å². The maximum Gasteiger partial charge on any atom is 0.339 e. The summed E-state index contributed by atoms with van der Waals surface area (Å²) in [5, 5.41) is 12.4. The van der Waals surface area contributed by atoms with Gasteiger partial charge in [0.1, 0.15) is 5.82 Å². The first-order chi connectivity index (χ1) is 13.8. The smallest absolute Gasteiger partial charge is 0.339 e. The maximum atomic E-state index is 14.1. The summed E-state index contributed by atoms with van der Waals surface area (Å²) in [6, 6.07) is 5.71. The molecule has 0 aliphatic rings. The summed E-state index contributed by atoms with van der Waals surface area (Å²) in [6.07, 6.45) is 1.88. The van der Waals surface area contributed by atoms with Crippen molar-refractivity contribution in [3.8, 4) is 0 Å². The van der Waals surface area contributed by atoms with Crippen molar-refractivity contribution in [3.05, 3.63) is 55.8 Å². The minimum absolute atomic E-state index is 0.0568. The van der Waals surface area contributed by atoms with Crippen molar-refractivity contribution in [3.63, 3.8) is 0 Å². The fourth-order valence-corrected chi connectivity index (χ4v) is 4.08. The summed E-state index contributed by atoms with van der Waals surface area (Å²) in [7, 11) is -1.87. The van der Waals surface area contributed by atoms with Crippen molar-refractivity contribution < 1.29 is 18.7 Å². The first kappa shape index (κ1) is 24.5. The Morgan fingerprint density at radius 2 is 1.93 bits per heavy atom. The van der Waals surface area contributed by atoms with E-state index >= 15 is 0 Å². The molecule has 0 spiro atoms. The largest absolute Gasteiger partial charge is 0.478 e. The topological polar surface area (TPSA) is 80.6 Å². The van der Waals surface area contributed by atoms with Gasteiger partial charge in [0.05, 0.1) is 16.9 Å². The lowest BCUT2D eigenvalue weighted by molar-refractivity contribution is 0.0697. The quantitative estimate of drug-likeness (QED) is 0.262. The lowest BCUT2D eigenvalue weighted by Crippen LogP contribution is -2.41. The highest BCUT2D eigenvalue weighted by Crippen LogP contribution is 2.36. The first-order valence-electron chi connectivity index (χ1n) is 9.65. The number of carboxylic acid groups (broad SMARTS) is 1. The van der Waals surface area contributed by atoms with Crippen molar-refractivity contribution in [2.24, 2.45) is 0 Å². The first-order valence-corrected chi connectivity index (χ1v) is 13.6. The molecule has 1 heterocycles. The van der Waals surface area contributed by atoms with E-state index in [1.54, 1.807) is 6.07 Å². The second-order valence-electron chi connectivity index (χ2n) is 8.65. The molecule has 0 fully saturated rings. The summed E-state index contributed by atoms with van der Waals surface area (Å²) >= 11 is 1.98. The lowest BCUT2D eigenvalue weighted by atomic mass is 10.2. The van der Waals surface area contributed by atoms with Crippen LogP contribution in [0.1, 0.15) is 37.6 Å². The Balaban J connectivity index is 2.17. The molecule has 2 aromatic rings. The monoisotopic (exact) mass is 546 g/mol. The molecule has 30 heavy (non-hydrogen) atoms. The second kappa shape index (κ2) is 9.61. The van der Waals surface area contributed by atoms with Crippen LogP contribution in [-0.2, 0) is 11.0 Å². The van der Waals surface area contributed by atoms with Gasteiger partial charge < -0.3 is 19.4 Å². The molecule has 0 aliphatic carbocycles. The van der Waals surface area contributed by atoms with Crippen molar-refractivity contribution >= 4 is 48.3 Å². The van der Waals surface area contributed by atoms with E-state index in [1.165, 1.54) is 29.0 Å². The molecule has 2 rings (SSSR count). The number of rotatable bonds is 8. The van der Waals surface area contributed by atoms with Crippen LogP contribution in [0.25, 0.3) is 0 Å². The molecule has 0 amide bonds. The molecule has 0 aliphatic heterocycles. The van der Waals surface area contributed by atoms with Crippen LogP contribution in [-0.4, -0.2) is 30.6 Å². The SMILES string of the molecule is CC(C)(C)[Si](C)(C)OCCCn1cc(C(=O)O)c(Nc2ccc(I)cc2F)cc1=O. The van der Waals surface area contributed by atoms with Crippen molar-refractivity contribution in [1.29, 1.82) is 0 Å². The van der Waals surface area contributed by atoms with E-state index in [1.807, 2.05) is 22.6 Å². The number of aromatic carboxylic acids is 1. The molecule has 0 unspecified atom stereocenters. The second-order valence-corrected chi connectivity index (χ2v) is 14.7. The number of hydrogen-bond donors (Lipinski definition) is 2. The van der Waals surface area contributed by atoms with Crippen LogP contribution >= 0.6 is 22.6 Å². The molecule has 1 aromatic carbocycles. The Morgan fingerprint density at radius 3 is 2.50 bits per heavy atom. The summed E-state index contributed by atoms with van der Waals surface area (Å²) in [5.41, 5.74) is -0.294. The predicted molar refractivity (Wildman–Crippen MR) is 128 cm³/mol. The van der Waals surface area contributed by atoms with E-state index in [9.17, 15) is 19.1 Å². The van der Waals surface area contributed by atoms with E-state index in [4.69, 9.17) is 4.43 Å². The molecule has 6 nitrogen and oxygen atoms in total. The molecule has 9 heteroatoms. The molecule has 0 bridgehead atoms. The maximum absolute atomic E-state index is 14.1. The Kier molecular flexibility index (Phi) is 7.86. The highest BCUT2D eigenvalue weighted by Gasteiger charge is 2.36. The zero-order chi connectivity index (χ0) is 22.7. The predicted octanol–water partition coefficient (Wildman–Crippen LogP) is 5.45. The van der Waals surface area contributed by atoms with Crippen molar-refractivity contribution in [1.82, 2.24) is 4.57 Å². The van der Waals surface area contributed by atoms with Gasteiger partial charge in [0.2, 0.25) is 0 Å². The van der Waals surface area contributed by atoms with Gasteiger partial charge >= 0.3 is 5.97 Å². The van der Waals surface area contributed by atoms with Crippen LogP contribution in [0.2, 0.25) is 18.1 Å². The number of aryl methyl sites for hydroxylation is 1. The third-order valence-corrected chi connectivity index (χ3v) is 10.6. The number of nitrogens with one attached hydrogen (secondary N) is 1. The number of hydrogen-bond acceptors (Lipinski definition) is 4. The van der Waals surface area contributed by atoms with Crippen LogP contribution in [0.3, 0.4) is 0 Å². The third kappa shape index (κ3) is 6.14. The van der Waals surface area contributed by atoms with Crippen LogP contribution in [0, 0.1) is 9.39 Å². The van der Waals surface area contributed by atoms with Gasteiger partial charge in [0, 0.05) is 29.0 Å². The molecular formula is C21H28FIN2O4Si. The third-order valence-electron chi connectivity index (χ3n) is 5.37. The Morgan fingerprint density at radius 1 is 1.27 bits per heavy atom. The Bertz CT molecular complexity index is 986. The van der Waals surface area contributed by atoms with Gasteiger partial charge in [0.15, 0.2) is 8.32 Å². The lowest BCUT2D eigenvalue weighted by Gasteiger charge is -2.36. The van der Waals surface area contributed by atoms with Crippen LogP contribution in [0.4, 0.5) is 15.8 Å². The van der Waals surface area contributed by atoms with Gasteiger partial charge in [-0.2, -0.15) is 0 Å². The number of nitrogens with zero attached hydrogens (tertiary/aromatic N) is 1. The Labute approximate surface area is 190 Å². The van der Waals surface area contributed by atoms with Crippen molar-refractivity contribution in [2.75, 3.05) is 11.9 Å². The number of halogens is 2. The highest BCUT2D eigenvalue weighted by molar-refractivity contribution is 14.1. The van der Waals surface area contributed by atoms with Gasteiger partial charge in [-0.25, -0.2) is 9.18 Å².